The molecule has 0 aliphatic carbocycles. The van der Waals surface area contributed by atoms with Crippen LogP contribution in [0.25, 0.3) is 0 Å². The second-order valence-corrected chi connectivity index (χ2v) is 1.19. The summed E-state index contributed by atoms with van der Waals surface area (Å²) in [6.07, 6.45) is 4.36. The minimum absolute atomic E-state index is 0.317. The maximum atomic E-state index is 10.2. The number of carbonyl (C=O) groups excluding carboxylic acids is 1. The molecule has 45 valence electrons. The summed E-state index contributed by atoms with van der Waals surface area (Å²) in [6, 6.07) is 0. The SMILES string of the molecule is C[CH]C(=O)O/C=C\C. The molecule has 0 rings (SSSR count). The number of ether oxygens (including phenoxy) is 1. The van der Waals surface area contributed by atoms with E-state index in [2.05, 4.69) is 4.74 Å². The van der Waals surface area contributed by atoms with Crippen molar-refractivity contribution in [3.05, 3.63) is 18.8 Å². The lowest BCUT2D eigenvalue weighted by atomic mass is 10.5. The van der Waals surface area contributed by atoms with Crippen LogP contribution >= 0.6 is 0 Å². The summed E-state index contributed by atoms with van der Waals surface area (Å²) >= 11 is 0. The molecule has 0 atom stereocenters. The van der Waals surface area contributed by atoms with E-state index in [1.165, 1.54) is 12.7 Å². The summed E-state index contributed by atoms with van der Waals surface area (Å²) in [6.45, 7) is 3.41. The number of esters is 1. The lowest BCUT2D eigenvalue weighted by Gasteiger charge is -1.89. The third kappa shape index (κ3) is 3.40. The summed E-state index contributed by atoms with van der Waals surface area (Å²) in [5.74, 6) is -0.317. The largest absolute Gasteiger partial charge is 0.435 e. The van der Waals surface area contributed by atoms with Gasteiger partial charge in [-0.25, -0.2) is 0 Å². The molecule has 0 aromatic heterocycles. The molecule has 1 radical (unpaired) electrons. The molecule has 0 amide bonds. The van der Waals surface area contributed by atoms with Crippen LogP contribution in [-0.4, -0.2) is 5.97 Å². The molecule has 0 N–H and O–H groups in total. The first-order valence-corrected chi connectivity index (χ1v) is 2.42. The zero-order chi connectivity index (χ0) is 6.41. The van der Waals surface area contributed by atoms with Crippen LogP contribution in [0.15, 0.2) is 12.3 Å². The van der Waals surface area contributed by atoms with E-state index in [0.29, 0.717) is 0 Å². The third-order valence-electron chi connectivity index (χ3n) is 0.556. The summed E-state index contributed by atoms with van der Waals surface area (Å²) in [7, 11) is 0. The highest BCUT2D eigenvalue weighted by molar-refractivity contribution is 5.78. The van der Waals surface area contributed by atoms with Gasteiger partial charge in [-0.1, -0.05) is 13.0 Å². The Morgan fingerprint density at radius 3 is 2.50 bits per heavy atom. The fourth-order valence-corrected chi connectivity index (χ4v) is 0.203. The Morgan fingerprint density at radius 2 is 2.12 bits per heavy atom. The highest BCUT2D eigenvalue weighted by Crippen LogP contribution is 1.82. The van der Waals surface area contributed by atoms with Gasteiger partial charge in [0.05, 0.1) is 12.7 Å². The molecular formula is C6H9O2. The van der Waals surface area contributed by atoms with Gasteiger partial charge in [-0.2, -0.15) is 0 Å². The van der Waals surface area contributed by atoms with Gasteiger partial charge in [0, 0.05) is 0 Å². The molecule has 0 aliphatic rings. The van der Waals surface area contributed by atoms with Crippen molar-refractivity contribution in [2.24, 2.45) is 0 Å². The van der Waals surface area contributed by atoms with Gasteiger partial charge in [0.2, 0.25) is 0 Å². The van der Waals surface area contributed by atoms with Gasteiger partial charge in [0.25, 0.3) is 0 Å². The molecule has 0 bridgehead atoms. The summed E-state index contributed by atoms with van der Waals surface area (Å²) in [4.78, 5) is 10.2. The molecule has 0 saturated heterocycles. The van der Waals surface area contributed by atoms with Crippen LogP contribution in [0.2, 0.25) is 0 Å². The van der Waals surface area contributed by atoms with E-state index < -0.39 is 0 Å². The van der Waals surface area contributed by atoms with Gasteiger partial charge in [-0.05, 0) is 6.92 Å². The topological polar surface area (TPSA) is 26.3 Å². The molecule has 0 heterocycles. The number of hydrogen-bond acceptors (Lipinski definition) is 2. The molecule has 0 saturated carbocycles. The Kier molecular flexibility index (Phi) is 3.94. The van der Waals surface area contributed by atoms with E-state index in [4.69, 9.17) is 0 Å². The second kappa shape index (κ2) is 4.37. The van der Waals surface area contributed by atoms with Crippen LogP contribution in [0, 0.1) is 6.42 Å². The van der Waals surface area contributed by atoms with Crippen LogP contribution in [0.3, 0.4) is 0 Å². The van der Waals surface area contributed by atoms with Crippen molar-refractivity contribution in [3.8, 4) is 0 Å². The quantitative estimate of drug-likeness (QED) is 0.398. The van der Waals surface area contributed by atoms with Gasteiger partial charge >= 0.3 is 5.97 Å². The molecular weight excluding hydrogens is 104 g/mol. The monoisotopic (exact) mass is 113 g/mol. The van der Waals surface area contributed by atoms with Crippen LogP contribution < -0.4 is 0 Å². The average molecular weight is 113 g/mol. The van der Waals surface area contributed by atoms with Gasteiger partial charge in [-0.15, -0.1) is 0 Å². The molecule has 0 aromatic carbocycles. The molecule has 2 heteroatoms. The van der Waals surface area contributed by atoms with Crippen LogP contribution in [0.5, 0.6) is 0 Å². The zero-order valence-corrected chi connectivity index (χ0v) is 5.05. The van der Waals surface area contributed by atoms with Crippen molar-refractivity contribution in [3.63, 3.8) is 0 Å². The Hall–Kier alpha value is -0.790. The lowest BCUT2D eigenvalue weighted by Crippen LogP contribution is -1.95. The highest BCUT2D eigenvalue weighted by atomic mass is 16.5. The van der Waals surface area contributed by atoms with Crippen molar-refractivity contribution in [1.29, 1.82) is 0 Å². The molecule has 0 aliphatic heterocycles. The lowest BCUT2D eigenvalue weighted by molar-refractivity contribution is -0.133. The van der Waals surface area contributed by atoms with Gasteiger partial charge in [0.1, 0.15) is 0 Å². The molecule has 0 fully saturated rings. The molecule has 0 spiro atoms. The van der Waals surface area contributed by atoms with Gasteiger partial charge in [-0.3, -0.25) is 4.79 Å². The second-order valence-electron chi connectivity index (χ2n) is 1.19. The molecule has 0 unspecified atom stereocenters. The van der Waals surface area contributed by atoms with E-state index in [1.807, 2.05) is 0 Å². The van der Waals surface area contributed by atoms with E-state index in [1.54, 1.807) is 19.9 Å². The van der Waals surface area contributed by atoms with Crippen molar-refractivity contribution < 1.29 is 9.53 Å². The van der Waals surface area contributed by atoms with Crippen LogP contribution in [-0.2, 0) is 9.53 Å². The molecule has 8 heavy (non-hydrogen) atoms. The van der Waals surface area contributed by atoms with Gasteiger partial charge in [0.15, 0.2) is 0 Å². The smallest absolute Gasteiger partial charge is 0.314 e. The normalized spacial score (nSPS) is 9.75. The number of hydrogen-bond donors (Lipinski definition) is 0. The van der Waals surface area contributed by atoms with Crippen molar-refractivity contribution in [2.75, 3.05) is 0 Å². The minimum atomic E-state index is -0.317. The molecule has 0 aromatic rings. The average Bonchev–Trinajstić information content (AvgIpc) is 1.83. The van der Waals surface area contributed by atoms with Crippen molar-refractivity contribution >= 4 is 5.97 Å². The van der Waals surface area contributed by atoms with Crippen LogP contribution in [0.4, 0.5) is 0 Å². The van der Waals surface area contributed by atoms with Gasteiger partial charge < -0.3 is 4.74 Å². The fourth-order valence-electron chi connectivity index (χ4n) is 0.203. The predicted molar refractivity (Wildman–Crippen MR) is 30.9 cm³/mol. The Balaban J connectivity index is 3.25. The first-order chi connectivity index (χ1) is 3.81. The Bertz CT molecular complexity index is 94.7. The maximum absolute atomic E-state index is 10.2. The Morgan fingerprint density at radius 1 is 1.50 bits per heavy atom. The van der Waals surface area contributed by atoms with E-state index in [0.717, 1.165) is 0 Å². The standard InChI is InChI=1S/C6H9O2/c1-3-5-8-6(7)4-2/h3-5H,1-2H3/b5-3-. The zero-order valence-electron chi connectivity index (χ0n) is 5.05. The summed E-state index contributed by atoms with van der Waals surface area (Å²) < 4.78 is 4.47. The minimum Gasteiger partial charge on any atom is -0.435 e. The Labute approximate surface area is 49.1 Å². The molecule has 2 nitrogen and oxygen atoms in total. The first kappa shape index (κ1) is 7.21. The number of rotatable bonds is 2. The van der Waals surface area contributed by atoms with E-state index in [-0.39, 0.29) is 5.97 Å². The summed E-state index contributed by atoms with van der Waals surface area (Å²) in [5.41, 5.74) is 0. The van der Waals surface area contributed by atoms with E-state index in [9.17, 15) is 4.79 Å². The number of allylic oxidation sites excluding steroid dienone is 1. The number of carbonyl (C=O) groups is 1. The maximum Gasteiger partial charge on any atom is 0.314 e. The predicted octanol–water partition coefficient (Wildman–Crippen LogP) is 1.29. The van der Waals surface area contributed by atoms with Crippen LogP contribution in [0.1, 0.15) is 13.8 Å². The third-order valence-corrected chi connectivity index (χ3v) is 0.556. The summed E-state index contributed by atoms with van der Waals surface area (Å²) in [5, 5.41) is 0. The first-order valence-electron chi connectivity index (χ1n) is 2.42. The highest BCUT2D eigenvalue weighted by Gasteiger charge is 1.91. The van der Waals surface area contributed by atoms with E-state index >= 15 is 0 Å². The fraction of sp³-hybridized carbons (Fsp3) is 0.333. The van der Waals surface area contributed by atoms with Crippen molar-refractivity contribution in [2.45, 2.75) is 13.8 Å². The van der Waals surface area contributed by atoms with Crippen molar-refractivity contribution in [1.82, 2.24) is 0 Å².